The van der Waals surface area contributed by atoms with E-state index >= 15 is 0 Å². The monoisotopic (exact) mass is 306 g/mol. The van der Waals surface area contributed by atoms with Crippen molar-refractivity contribution in [3.8, 4) is 11.5 Å². The summed E-state index contributed by atoms with van der Waals surface area (Å²) in [6, 6.07) is 7.25. The van der Waals surface area contributed by atoms with Crippen LogP contribution in [0.1, 0.15) is 19.8 Å². The van der Waals surface area contributed by atoms with E-state index in [1.807, 2.05) is 12.1 Å². The molecule has 0 aliphatic heterocycles. The average Bonchev–Trinajstić information content (AvgIpc) is 2.99. The molecule has 0 saturated carbocycles. The molecule has 2 aromatic rings. The standard InChI is InChI=1S/C15H18N2O3S/c1-2-3-9-19-12-4-6-13(7-5-12)20-11-14(18)17-15-16-8-10-21-15/h4-8,10H,2-3,9,11H2,1H3,(H,16,17,18). The molecule has 1 aromatic carbocycles. The van der Waals surface area contributed by atoms with E-state index in [1.165, 1.54) is 11.3 Å². The summed E-state index contributed by atoms with van der Waals surface area (Å²) in [6.45, 7) is 2.79. The van der Waals surface area contributed by atoms with Crippen LogP contribution in [-0.2, 0) is 4.79 Å². The van der Waals surface area contributed by atoms with E-state index in [2.05, 4.69) is 17.2 Å². The van der Waals surface area contributed by atoms with Crippen molar-refractivity contribution >= 4 is 22.4 Å². The number of benzene rings is 1. The largest absolute Gasteiger partial charge is 0.494 e. The van der Waals surface area contributed by atoms with Crippen LogP contribution in [0.3, 0.4) is 0 Å². The van der Waals surface area contributed by atoms with Gasteiger partial charge in [-0.25, -0.2) is 4.98 Å². The van der Waals surface area contributed by atoms with Crippen molar-refractivity contribution < 1.29 is 14.3 Å². The Morgan fingerprint density at radius 2 is 1.95 bits per heavy atom. The van der Waals surface area contributed by atoms with Gasteiger partial charge in [0.25, 0.3) is 5.91 Å². The molecule has 0 aliphatic rings. The molecule has 112 valence electrons. The fraction of sp³-hybridized carbons (Fsp3) is 0.333. The molecule has 1 N–H and O–H groups in total. The first-order chi connectivity index (χ1) is 10.3. The van der Waals surface area contributed by atoms with E-state index in [9.17, 15) is 4.79 Å². The Labute approximate surface area is 127 Å². The van der Waals surface area contributed by atoms with Crippen molar-refractivity contribution in [3.63, 3.8) is 0 Å². The number of ether oxygens (including phenoxy) is 2. The highest BCUT2D eigenvalue weighted by molar-refractivity contribution is 7.13. The Morgan fingerprint density at radius 3 is 2.57 bits per heavy atom. The van der Waals surface area contributed by atoms with E-state index in [0.717, 1.165) is 18.6 Å². The van der Waals surface area contributed by atoms with E-state index in [1.54, 1.807) is 23.7 Å². The molecule has 1 amide bonds. The van der Waals surface area contributed by atoms with Crippen molar-refractivity contribution in [1.29, 1.82) is 0 Å². The van der Waals surface area contributed by atoms with Gasteiger partial charge in [-0.05, 0) is 30.7 Å². The third kappa shape index (κ3) is 5.43. The molecular formula is C15H18N2O3S. The number of carbonyl (C=O) groups excluding carboxylic acids is 1. The average molecular weight is 306 g/mol. The highest BCUT2D eigenvalue weighted by Crippen LogP contribution is 2.18. The lowest BCUT2D eigenvalue weighted by molar-refractivity contribution is -0.118. The van der Waals surface area contributed by atoms with Gasteiger partial charge in [0.2, 0.25) is 0 Å². The summed E-state index contributed by atoms with van der Waals surface area (Å²) in [5.41, 5.74) is 0. The Balaban J connectivity index is 1.74. The third-order valence-electron chi connectivity index (χ3n) is 2.64. The number of hydrogen-bond donors (Lipinski definition) is 1. The Hall–Kier alpha value is -2.08. The van der Waals surface area contributed by atoms with Crippen LogP contribution in [0.4, 0.5) is 5.13 Å². The molecule has 1 heterocycles. The van der Waals surface area contributed by atoms with Crippen LogP contribution >= 0.6 is 11.3 Å². The number of unbranched alkanes of at least 4 members (excludes halogenated alkanes) is 1. The number of amides is 1. The topological polar surface area (TPSA) is 60.5 Å². The van der Waals surface area contributed by atoms with E-state index in [0.29, 0.717) is 17.5 Å². The van der Waals surface area contributed by atoms with Crippen molar-refractivity contribution in [2.75, 3.05) is 18.5 Å². The Morgan fingerprint density at radius 1 is 1.24 bits per heavy atom. The number of anilines is 1. The molecule has 0 spiro atoms. The minimum absolute atomic E-state index is 0.0460. The first-order valence-corrected chi connectivity index (χ1v) is 7.71. The van der Waals surface area contributed by atoms with Gasteiger partial charge in [-0.2, -0.15) is 0 Å². The number of thiazole rings is 1. The second kappa shape index (κ2) is 8.26. The fourth-order valence-electron chi connectivity index (χ4n) is 1.56. The summed E-state index contributed by atoms with van der Waals surface area (Å²) >= 11 is 1.37. The van der Waals surface area contributed by atoms with Gasteiger partial charge in [0.05, 0.1) is 6.61 Å². The molecule has 0 bridgehead atoms. The molecule has 1 aromatic heterocycles. The molecule has 6 heteroatoms. The normalized spacial score (nSPS) is 10.1. The van der Waals surface area contributed by atoms with Crippen molar-refractivity contribution in [3.05, 3.63) is 35.8 Å². The van der Waals surface area contributed by atoms with Crippen LogP contribution in [0.15, 0.2) is 35.8 Å². The van der Waals surface area contributed by atoms with Crippen LogP contribution in [0.25, 0.3) is 0 Å². The molecule has 21 heavy (non-hydrogen) atoms. The zero-order chi connectivity index (χ0) is 14.9. The maximum Gasteiger partial charge on any atom is 0.264 e. The Kier molecular flexibility index (Phi) is 6.02. The lowest BCUT2D eigenvalue weighted by Crippen LogP contribution is -2.19. The summed E-state index contributed by atoms with van der Waals surface area (Å²) in [4.78, 5) is 15.6. The number of nitrogens with one attached hydrogen (secondary N) is 1. The molecule has 2 rings (SSSR count). The minimum Gasteiger partial charge on any atom is -0.494 e. The van der Waals surface area contributed by atoms with Crippen LogP contribution in [0.2, 0.25) is 0 Å². The highest BCUT2D eigenvalue weighted by Gasteiger charge is 2.05. The second-order valence-corrected chi connectivity index (χ2v) is 5.24. The van der Waals surface area contributed by atoms with E-state index in [-0.39, 0.29) is 12.5 Å². The molecule has 5 nitrogen and oxygen atoms in total. The van der Waals surface area contributed by atoms with Crippen molar-refractivity contribution in [1.82, 2.24) is 4.98 Å². The van der Waals surface area contributed by atoms with Crippen molar-refractivity contribution in [2.45, 2.75) is 19.8 Å². The van der Waals surface area contributed by atoms with Gasteiger partial charge >= 0.3 is 0 Å². The third-order valence-corrected chi connectivity index (χ3v) is 3.33. The zero-order valence-electron chi connectivity index (χ0n) is 11.9. The van der Waals surface area contributed by atoms with Gasteiger partial charge in [-0.3, -0.25) is 10.1 Å². The molecular weight excluding hydrogens is 288 g/mol. The highest BCUT2D eigenvalue weighted by atomic mass is 32.1. The maximum absolute atomic E-state index is 11.6. The zero-order valence-corrected chi connectivity index (χ0v) is 12.7. The lowest BCUT2D eigenvalue weighted by atomic mass is 10.3. The SMILES string of the molecule is CCCCOc1ccc(OCC(=O)Nc2nccs2)cc1. The van der Waals surface area contributed by atoms with Crippen LogP contribution in [0.5, 0.6) is 11.5 Å². The summed E-state index contributed by atoms with van der Waals surface area (Å²) < 4.78 is 11.0. The molecule has 0 atom stereocenters. The van der Waals surface area contributed by atoms with Crippen LogP contribution in [0, 0.1) is 0 Å². The predicted octanol–water partition coefficient (Wildman–Crippen LogP) is 3.34. The van der Waals surface area contributed by atoms with Crippen LogP contribution in [-0.4, -0.2) is 24.1 Å². The molecule has 0 unspecified atom stereocenters. The maximum atomic E-state index is 11.6. The van der Waals surface area contributed by atoms with Gasteiger partial charge in [-0.15, -0.1) is 11.3 Å². The first kappa shape index (κ1) is 15.3. The lowest BCUT2D eigenvalue weighted by Gasteiger charge is -2.08. The fourth-order valence-corrected chi connectivity index (χ4v) is 2.10. The first-order valence-electron chi connectivity index (χ1n) is 6.83. The smallest absolute Gasteiger partial charge is 0.264 e. The Bertz CT molecular complexity index is 541. The molecule has 0 fully saturated rings. The number of carbonyl (C=O) groups is 1. The molecule has 0 saturated heterocycles. The predicted molar refractivity (Wildman–Crippen MR) is 83.1 cm³/mol. The van der Waals surface area contributed by atoms with E-state index < -0.39 is 0 Å². The number of nitrogens with zero attached hydrogens (tertiary/aromatic N) is 1. The molecule has 0 radical (unpaired) electrons. The van der Waals surface area contributed by atoms with Crippen LogP contribution < -0.4 is 14.8 Å². The van der Waals surface area contributed by atoms with Gasteiger partial charge < -0.3 is 9.47 Å². The minimum atomic E-state index is -0.228. The van der Waals surface area contributed by atoms with Gasteiger partial charge in [0, 0.05) is 11.6 Å². The van der Waals surface area contributed by atoms with Gasteiger partial charge in [-0.1, -0.05) is 13.3 Å². The summed E-state index contributed by atoms with van der Waals surface area (Å²) in [7, 11) is 0. The van der Waals surface area contributed by atoms with E-state index in [4.69, 9.17) is 9.47 Å². The molecule has 0 aliphatic carbocycles. The number of hydrogen-bond acceptors (Lipinski definition) is 5. The number of rotatable bonds is 8. The van der Waals surface area contributed by atoms with Gasteiger partial charge in [0.1, 0.15) is 11.5 Å². The second-order valence-electron chi connectivity index (χ2n) is 4.35. The summed E-state index contributed by atoms with van der Waals surface area (Å²) in [6.07, 6.45) is 3.78. The van der Waals surface area contributed by atoms with Gasteiger partial charge in [0.15, 0.2) is 11.7 Å². The van der Waals surface area contributed by atoms with Crippen molar-refractivity contribution in [2.24, 2.45) is 0 Å². The summed E-state index contributed by atoms with van der Waals surface area (Å²) in [5, 5.41) is 5.03. The quantitative estimate of drug-likeness (QED) is 0.760. The summed E-state index contributed by atoms with van der Waals surface area (Å²) in [5.74, 6) is 1.21. The number of aromatic nitrogens is 1.